The van der Waals surface area contributed by atoms with Gasteiger partial charge in [0.15, 0.2) is 11.5 Å². The summed E-state index contributed by atoms with van der Waals surface area (Å²) in [6.45, 7) is 11.5. The maximum absolute atomic E-state index is 13.4. The van der Waals surface area contributed by atoms with Crippen molar-refractivity contribution in [2.75, 3.05) is 52.6 Å². The molecule has 0 saturated carbocycles. The van der Waals surface area contributed by atoms with Gasteiger partial charge in [-0.15, -0.1) is 0 Å². The summed E-state index contributed by atoms with van der Waals surface area (Å²) < 4.78 is 17.4. The van der Waals surface area contributed by atoms with Crippen molar-refractivity contribution in [3.05, 3.63) is 65.2 Å². The van der Waals surface area contributed by atoms with Gasteiger partial charge in [0.2, 0.25) is 0 Å². The normalized spacial score (nSPS) is 19.6. The molecule has 8 nitrogen and oxygen atoms in total. The summed E-state index contributed by atoms with van der Waals surface area (Å²) in [7, 11) is 0. The van der Waals surface area contributed by atoms with Crippen molar-refractivity contribution in [1.82, 2.24) is 9.80 Å². The average molecular weight is 537 g/mol. The zero-order valence-electron chi connectivity index (χ0n) is 23.2. The highest BCUT2D eigenvalue weighted by molar-refractivity contribution is 6.46. The van der Waals surface area contributed by atoms with Gasteiger partial charge in [0.1, 0.15) is 5.76 Å². The van der Waals surface area contributed by atoms with Crippen LogP contribution in [0.25, 0.3) is 5.76 Å². The molecule has 1 amide bonds. The van der Waals surface area contributed by atoms with Crippen molar-refractivity contribution < 1.29 is 28.9 Å². The Labute approximate surface area is 231 Å². The lowest BCUT2D eigenvalue weighted by molar-refractivity contribution is -0.140. The summed E-state index contributed by atoms with van der Waals surface area (Å²) in [5, 5.41) is 11.3. The third-order valence-electron chi connectivity index (χ3n) is 7.10. The van der Waals surface area contributed by atoms with E-state index in [0.717, 1.165) is 26.1 Å². The lowest BCUT2D eigenvalue weighted by Crippen LogP contribution is -2.39. The molecule has 2 aromatic carbocycles. The SMILES string of the molecule is CCOc1cc(C2/C(=C(\O)c3ccccc3)C(=O)C(=O)N2CCCN2CCOCC2)ccc1OCCC(C)C. The molecule has 1 atom stereocenters. The van der Waals surface area contributed by atoms with Crippen molar-refractivity contribution in [3.63, 3.8) is 0 Å². The zero-order chi connectivity index (χ0) is 27.8. The van der Waals surface area contributed by atoms with Gasteiger partial charge in [0.05, 0.1) is 38.0 Å². The molecular weight excluding hydrogens is 496 g/mol. The van der Waals surface area contributed by atoms with Gasteiger partial charge in [-0.05, 0) is 43.4 Å². The van der Waals surface area contributed by atoms with Crippen molar-refractivity contribution >= 4 is 17.4 Å². The molecule has 0 bridgehead atoms. The maximum Gasteiger partial charge on any atom is 0.295 e. The average Bonchev–Trinajstić information content (AvgIpc) is 3.19. The van der Waals surface area contributed by atoms with Crippen LogP contribution in [-0.2, 0) is 14.3 Å². The molecule has 1 N–H and O–H groups in total. The molecule has 2 aliphatic rings. The molecule has 4 rings (SSSR count). The van der Waals surface area contributed by atoms with Crippen molar-refractivity contribution in [2.24, 2.45) is 5.92 Å². The summed E-state index contributed by atoms with van der Waals surface area (Å²) in [5.41, 5.74) is 1.28. The standard InChI is InChI=1S/C31H40N2O6/c1-4-38-26-21-24(11-12-25(26)39-18-13-22(2)3)28-27(29(34)23-9-6-5-7-10-23)30(35)31(36)33(28)15-8-14-32-16-19-37-20-17-32/h5-7,9-12,21-22,28,34H,4,8,13-20H2,1-3H3/b29-27+. The van der Waals surface area contributed by atoms with Crippen LogP contribution in [0.4, 0.5) is 0 Å². The number of ketones is 1. The van der Waals surface area contributed by atoms with E-state index in [1.807, 2.05) is 31.2 Å². The number of aliphatic hydroxyl groups excluding tert-OH is 1. The van der Waals surface area contributed by atoms with Gasteiger partial charge < -0.3 is 24.2 Å². The van der Waals surface area contributed by atoms with E-state index in [1.165, 1.54) is 0 Å². The molecular formula is C31H40N2O6. The predicted molar refractivity (Wildman–Crippen MR) is 150 cm³/mol. The molecule has 2 aromatic rings. The van der Waals surface area contributed by atoms with Crippen molar-refractivity contribution in [1.29, 1.82) is 0 Å². The third-order valence-corrected chi connectivity index (χ3v) is 7.10. The Morgan fingerprint density at radius 3 is 2.46 bits per heavy atom. The number of morpholine rings is 1. The first-order chi connectivity index (χ1) is 18.9. The number of nitrogens with zero attached hydrogens (tertiary/aromatic N) is 2. The van der Waals surface area contributed by atoms with E-state index in [0.29, 0.717) is 67.9 Å². The summed E-state index contributed by atoms with van der Waals surface area (Å²) in [4.78, 5) is 30.6. The van der Waals surface area contributed by atoms with Crippen LogP contribution in [0.15, 0.2) is 54.1 Å². The van der Waals surface area contributed by atoms with Crippen LogP contribution in [0, 0.1) is 5.92 Å². The van der Waals surface area contributed by atoms with E-state index in [-0.39, 0.29) is 11.3 Å². The number of Topliss-reactive ketones (excluding diaryl/α,β-unsaturated/α-hetero) is 1. The highest BCUT2D eigenvalue weighted by Crippen LogP contribution is 2.42. The number of carbonyl (C=O) groups is 2. The van der Waals surface area contributed by atoms with Crippen molar-refractivity contribution in [3.8, 4) is 11.5 Å². The Bertz CT molecular complexity index is 1160. The number of aliphatic hydroxyl groups is 1. The van der Waals surface area contributed by atoms with E-state index in [2.05, 4.69) is 18.7 Å². The molecule has 2 aliphatic heterocycles. The van der Waals surface area contributed by atoms with Crippen LogP contribution in [0.1, 0.15) is 50.8 Å². The monoisotopic (exact) mass is 536 g/mol. The van der Waals surface area contributed by atoms with Gasteiger partial charge in [-0.2, -0.15) is 0 Å². The molecule has 1 unspecified atom stereocenters. The molecule has 2 saturated heterocycles. The number of carbonyl (C=O) groups excluding carboxylic acids is 2. The molecule has 0 spiro atoms. The molecule has 2 heterocycles. The van der Waals surface area contributed by atoms with Gasteiger partial charge in [0, 0.05) is 31.7 Å². The second kappa shape index (κ2) is 13.6. The van der Waals surface area contributed by atoms with Crippen LogP contribution in [0.3, 0.4) is 0 Å². The fraction of sp³-hybridized carbons (Fsp3) is 0.484. The van der Waals surface area contributed by atoms with E-state index < -0.39 is 17.7 Å². The Kier molecular flexibility index (Phi) is 10.0. The smallest absolute Gasteiger partial charge is 0.295 e. The Balaban J connectivity index is 1.68. The minimum absolute atomic E-state index is 0.0912. The lowest BCUT2D eigenvalue weighted by atomic mass is 9.95. The fourth-order valence-corrected chi connectivity index (χ4v) is 4.99. The number of ether oxygens (including phenoxy) is 3. The van der Waals surface area contributed by atoms with Crippen LogP contribution in [-0.4, -0.2) is 79.2 Å². The van der Waals surface area contributed by atoms with Gasteiger partial charge in [-0.25, -0.2) is 0 Å². The summed E-state index contributed by atoms with van der Waals surface area (Å²) in [6.07, 6.45) is 1.61. The minimum atomic E-state index is -0.737. The number of likely N-dealkylation sites (tertiary alicyclic amines) is 1. The first-order valence-corrected chi connectivity index (χ1v) is 13.9. The number of amides is 1. The highest BCUT2D eigenvalue weighted by atomic mass is 16.5. The summed E-state index contributed by atoms with van der Waals surface area (Å²) >= 11 is 0. The second-order valence-electron chi connectivity index (χ2n) is 10.3. The molecule has 0 aliphatic carbocycles. The van der Waals surface area contributed by atoms with Crippen molar-refractivity contribution in [2.45, 2.75) is 39.7 Å². The second-order valence-corrected chi connectivity index (χ2v) is 10.3. The van der Waals surface area contributed by atoms with Gasteiger partial charge in [0.25, 0.3) is 11.7 Å². The van der Waals surface area contributed by atoms with Gasteiger partial charge in [-0.3, -0.25) is 14.5 Å². The number of benzene rings is 2. The van der Waals surface area contributed by atoms with E-state index in [1.54, 1.807) is 29.2 Å². The molecule has 210 valence electrons. The Hall–Kier alpha value is -3.36. The predicted octanol–water partition coefficient (Wildman–Crippen LogP) is 4.65. The molecule has 39 heavy (non-hydrogen) atoms. The summed E-state index contributed by atoms with van der Waals surface area (Å²) in [6, 6.07) is 13.7. The number of hydrogen-bond donors (Lipinski definition) is 1. The first kappa shape index (κ1) is 28.6. The zero-order valence-corrected chi connectivity index (χ0v) is 23.2. The lowest BCUT2D eigenvalue weighted by Gasteiger charge is -2.29. The Morgan fingerprint density at radius 1 is 1.03 bits per heavy atom. The number of hydrogen-bond acceptors (Lipinski definition) is 7. The number of rotatable bonds is 12. The molecule has 0 aromatic heterocycles. The molecule has 2 fully saturated rings. The quantitative estimate of drug-likeness (QED) is 0.240. The summed E-state index contributed by atoms with van der Waals surface area (Å²) in [5.74, 6) is 0.225. The first-order valence-electron chi connectivity index (χ1n) is 13.9. The van der Waals surface area contributed by atoms with Gasteiger partial charge in [-0.1, -0.05) is 50.2 Å². The highest BCUT2D eigenvalue weighted by Gasteiger charge is 2.46. The topological polar surface area (TPSA) is 88.5 Å². The Morgan fingerprint density at radius 2 is 1.77 bits per heavy atom. The third kappa shape index (κ3) is 6.99. The largest absolute Gasteiger partial charge is 0.507 e. The van der Waals surface area contributed by atoms with Crippen LogP contribution in [0.2, 0.25) is 0 Å². The maximum atomic E-state index is 13.4. The van der Waals surface area contributed by atoms with E-state index in [4.69, 9.17) is 14.2 Å². The van der Waals surface area contributed by atoms with Crippen LogP contribution >= 0.6 is 0 Å². The molecule has 0 radical (unpaired) electrons. The fourth-order valence-electron chi connectivity index (χ4n) is 4.99. The van der Waals surface area contributed by atoms with Gasteiger partial charge >= 0.3 is 0 Å². The van der Waals surface area contributed by atoms with Crippen LogP contribution < -0.4 is 9.47 Å². The van der Waals surface area contributed by atoms with E-state index in [9.17, 15) is 14.7 Å². The van der Waals surface area contributed by atoms with E-state index >= 15 is 0 Å². The minimum Gasteiger partial charge on any atom is -0.507 e. The van der Waals surface area contributed by atoms with Crippen LogP contribution in [0.5, 0.6) is 11.5 Å². The molecule has 8 heteroatoms.